The van der Waals surface area contributed by atoms with Crippen LogP contribution in [0.2, 0.25) is 5.02 Å². The third kappa shape index (κ3) is 4.65. The van der Waals surface area contributed by atoms with Crippen LogP contribution in [-0.2, 0) is 4.79 Å². The first-order chi connectivity index (χ1) is 12.0. The SMILES string of the molecule is CCN(CC)c1ccc(/C=C(\C#N)C(=O)Nc2cc(Cl)ccc2C)o1. The Bertz CT molecular complexity index is 829. The van der Waals surface area contributed by atoms with E-state index in [1.807, 2.05) is 37.8 Å². The number of furan rings is 1. The van der Waals surface area contributed by atoms with Gasteiger partial charge in [0.25, 0.3) is 5.91 Å². The van der Waals surface area contributed by atoms with Gasteiger partial charge in [-0.3, -0.25) is 4.79 Å². The lowest BCUT2D eigenvalue weighted by molar-refractivity contribution is -0.112. The summed E-state index contributed by atoms with van der Waals surface area (Å²) < 4.78 is 5.70. The molecule has 1 amide bonds. The van der Waals surface area contributed by atoms with Crippen molar-refractivity contribution in [3.8, 4) is 6.07 Å². The van der Waals surface area contributed by atoms with Crippen molar-refractivity contribution in [2.45, 2.75) is 20.8 Å². The van der Waals surface area contributed by atoms with E-state index in [-0.39, 0.29) is 5.57 Å². The van der Waals surface area contributed by atoms with Crippen molar-refractivity contribution < 1.29 is 9.21 Å². The average Bonchev–Trinajstić information content (AvgIpc) is 3.05. The molecule has 1 N–H and O–H groups in total. The van der Waals surface area contributed by atoms with E-state index < -0.39 is 5.91 Å². The summed E-state index contributed by atoms with van der Waals surface area (Å²) in [6.07, 6.45) is 1.43. The molecule has 0 aliphatic carbocycles. The van der Waals surface area contributed by atoms with Gasteiger partial charge in [-0.2, -0.15) is 5.26 Å². The van der Waals surface area contributed by atoms with Crippen molar-refractivity contribution in [2.24, 2.45) is 0 Å². The highest BCUT2D eigenvalue weighted by Crippen LogP contribution is 2.22. The number of halogens is 1. The molecule has 0 saturated heterocycles. The highest BCUT2D eigenvalue weighted by Gasteiger charge is 2.13. The summed E-state index contributed by atoms with van der Waals surface area (Å²) in [6, 6.07) is 10.7. The second-order valence-corrected chi connectivity index (χ2v) is 5.87. The minimum absolute atomic E-state index is 0.0418. The topological polar surface area (TPSA) is 69.3 Å². The van der Waals surface area contributed by atoms with E-state index >= 15 is 0 Å². The molecule has 0 atom stereocenters. The molecule has 0 fully saturated rings. The van der Waals surface area contributed by atoms with Gasteiger partial charge in [-0.1, -0.05) is 17.7 Å². The number of aryl methyl sites for hydroxylation is 1. The molecule has 0 aliphatic rings. The van der Waals surface area contributed by atoms with Crippen LogP contribution in [0.25, 0.3) is 6.08 Å². The standard InChI is InChI=1S/C19H20ClN3O2/c1-4-23(5-2)18-9-8-16(25-18)10-14(12-21)19(24)22-17-11-15(20)7-6-13(17)3/h6-11H,4-5H2,1-3H3,(H,22,24)/b14-10+. The van der Waals surface area contributed by atoms with Gasteiger partial charge in [-0.25, -0.2) is 0 Å². The van der Waals surface area contributed by atoms with Crippen LogP contribution >= 0.6 is 11.6 Å². The van der Waals surface area contributed by atoms with Gasteiger partial charge in [-0.15, -0.1) is 0 Å². The zero-order valence-corrected chi connectivity index (χ0v) is 15.2. The molecule has 0 spiro atoms. The molecule has 2 rings (SSSR count). The van der Waals surface area contributed by atoms with Crippen LogP contribution in [0.15, 0.2) is 40.3 Å². The molecule has 5 nitrogen and oxygen atoms in total. The minimum atomic E-state index is -0.506. The number of carbonyl (C=O) groups excluding carboxylic acids is 1. The van der Waals surface area contributed by atoms with Crippen molar-refractivity contribution in [2.75, 3.05) is 23.3 Å². The zero-order valence-electron chi connectivity index (χ0n) is 14.5. The van der Waals surface area contributed by atoms with Crippen LogP contribution in [0, 0.1) is 18.3 Å². The lowest BCUT2D eigenvalue weighted by atomic mass is 10.1. The van der Waals surface area contributed by atoms with Crippen molar-refractivity contribution in [1.29, 1.82) is 5.26 Å². The fourth-order valence-electron chi connectivity index (χ4n) is 2.33. The Morgan fingerprint density at radius 2 is 2.04 bits per heavy atom. The average molecular weight is 358 g/mol. The van der Waals surface area contributed by atoms with Crippen molar-refractivity contribution in [3.05, 3.63) is 52.3 Å². The maximum absolute atomic E-state index is 12.4. The number of amides is 1. The highest BCUT2D eigenvalue weighted by molar-refractivity contribution is 6.31. The fraction of sp³-hybridized carbons (Fsp3) is 0.263. The summed E-state index contributed by atoms with van der Waals surface area (Å²) in [6.45, 7) is 7.54. The molecule has 1 aromatic heterocycles. The van der Waals surface area contributed by atoms with Crippen LogP contribution < -0.4 is 10.2 Å². The smallest absolute Gasteiger partial charge is 0.266 e. The van der Waals surface area contributed by atoms with E-state index in [1.165, 1.54) is 6.08 Å². The monoisotopic (exact) mass is 357 g/mol. The highest BCUT2D eigenvalue weighted by atomic mass is 35.5. The zero-order chi connectivity index (χ0) is 18.4. The Morgan fingerprint density at radius 1 is 1.32 bits per heavy atom. The summed E-state index contributed by atoms with van der Waals surface area (Å²) in [7, 11) is 0. The molecule has 1 heterocycles. The van der Waals surface area contributed by atoms with Crippen LogP contribution in [0.1, 0.15) is 25.2 Å². The van der Waals surface area contributed by atoms with E-state index in [1.54, 1.807) is 24.3 Å². The van der Waals surface area contributed by atoms with Crippen LogP contribution in [0.3, 0.4) is 0 Å². The number of anilines is 2. The van der Waals surface area contributed by atoms with Crippen LogP contribution in [-0.4, -0.2) is 19.0 Å². The van der Waals surface area contributed by atoms with Gasteiger partial charge in [0.2, 0.25) is 0 Å². The molecular formula is C19H20ClN3O2. The fourth-order valence-corrected chi connectivity index (χ4v) is 2.51. The van der Waals surface area contributed by atoms with Crippen molar-refractivity contribution in [3.63, 3.8) is 0 Å². The Kier molecular flexibility index (Phi) is 6.26. The summed E-state index contributed by atoms with van der Waals surface area (Å²) in [5.74, 6) is 0.657. The van der Waals surface area contributed by atoms with E-state index in [0.717, 1.165) is 18.7 Å². The second-order valence-electron chi connectivity index (χ2n) is 5.43. The normalized spacial score (nSPS) is 11.1. The number of nitrogens with one attached hydrogen (secondary N) is 1. The largest absolute Gasteiger partial charge is 0.441 e. The maximum atomic E-state index is 12.4. The number of carbonyl (C=O) groups is 1. The summed E-state index contributed by atoms with van der Waals surface area (Å²) in [5.41, 5.74) is 1.39. The quantitative estimate of drug-likeness (QED) is 0.604. The Labute approximate surface area is 152 Å². The Morgan fingerprint density at radius 3 is 2.68 bits per heavy atom. The summed E-state index contributed by atoms with van der Waals surface area (Å²) in [5, 5.41) is 12.5. The number of nitrogens with zero attached hydrogens (tertiary/aromatic N) is 2. The van der Waals surface area contributed by atoms with Gasteiger partial charge in [0, 0.05) is 35.9 Å². The van der Waals surface area contributed by atoms with Gasteiger partial charge in [0.05, 0.1) is 0 Å². The molecular weight excluding hydrogens is 338 g/mol. The second kappa shape index (κ2) is 8.41. The van der Waals surface area contributed by atoms with E-state index in [0.29, 0.717) is 22.4 Å². The Balaban J connectivity index is 2.21. The van der Waals surface area contributed by atoms with E-state index in [4.69, 9.17) is 16.0 Å². The van der Waals surface area contributed by atoms with Gasteiger partial charge < -0.3 is 14.6 Å². The van der Waals surface area contributed by atoms with Crippen LogP contribution in [0.4, 0.5) is 11.6 Å². The molecule has 0 unspecified atom stereocenters. The molecule has 0 saturated carbocycles. The predicted octanol–water partition coefficient (Wildman–Crippen LogP) is 4.63. The molecule has 2 aromatic rings. The number of hydrogen-bond acceptors (Lipinski definition) is 4. The molecule has 130 valence electrons. The molecule has 1 aromatic carbocycles. The molecule has 0 radical (unpaired) electrons. The Hall–Kier alpha value is -2.71. The van der Waals surface area contributed by atoms with E-state index in [9.17, 15) is 10.1 Å². The molecule has 25 heavy (non-hydrogen) atoms. The summed E-state index contributed by atoms with van der Waals surface area (Å²) >= 11 is 5.95. The number of nitriles is 1. The van der Waals surface area contributed by atoms with Gasteiger partial charge >= 0.3 is 0 Å². The third-order valence-electron chi connectivity index (χ3n) is 3.79. The molecule has 0 aliphatic heterocycles. The first-order valence-corrected chi connectivity index (χ1v) is 8.40. The maximum Gasteiger partial charge on any atom is 0.266 e. The van der Waals surface area contributed by atoms with Gasteiger partial charge in [0.15, 0.2) is 5.88 Å². The lowest BCUT2D eigenvalue weighted by Gasteiger charge is -2.16. The first kappa shape index (κ1) is 18.6. The number of rotatable bonds is 6. The third-order valence-corrected chi connectivity index (χ3v) is 4.02. The molecule has 6 heteroatoms. The van der Waals surface area contributed by atoms with Crippen molar-refractivity contribution >= 4 is 35.2 Å². The molecule has 0 bridgehead atoms. The predicted molar refractivity (Wildman–Crippen MR) is 101 cm³/mol. The van der Waals surface area contributed by atoms with Crippen molar-refractivity contribution in [1.82, 2.24) is 0 Å². The lowest BCUT2D eigenvalue weighted by Crippen LogP contribution is -2.20. The minimum Gasteiger partial charge on any atom is -0.441 e. The first-order valence-electron chi connectivity index (χ1n) is 8.02. The van der Waals surface area contributed by atoms with E-state index in [2.05, 4.69) is 5.32 Å². The number of hydrogen-bond donors (Lipinski definition) is 1. The van der Waals surface area contributed by atoms with Crippen LogP contribution in [0.5, 0.6) is 0 Å². The van der Waals surface area contributed by atoms with Gasteiger partial charge in [-0.05, 0) is 44.5 Å². The van der Waals surface area contributed by atoms with Gasteiger partial charge in [0.1, 0.15) is 17.4 Å². The summed E-state index contributed by atoms with van der Waals surface area (Å²) in [4.78, 5) is 14.4. The number of benzene rings is 1.